The third-order valence-electron chi connectivity index (χ3n) is 3.82. The van der Waals surface area contributed by atoms with Crippen LogP contribution in [0, 0.1) is 0 Å². The molecule has 18 heavy (non-hydrogen) atoms. The van der Waals surface area contributed by atoms with Crippen LogP contribution in [0.5, 0.6) is 0 Å². The van der Waals surface area contributed by atoms with Crippen molar-refractivity contribution in [3.63, 3.8) is 0 Å². The normalized spacial score (nSPS) is 18.1. The Labute approximate surface area is 107 Å². The molecule has 0 bridgehead atoms. The molecule has 1 aromatic carbocycles. The van der Waals surface area contributed by atoms with E-state index in [9.17, 15) is 0 Å². The average molecular weight is 242 g/mol. The highest BCUT2D eigenvalue weighted by Gasteiger charge is 2.32. The minimum absolute atomic E-state index is 0.00244. The number of anilines is 1. The van der Waals surface area contributed by atoms with Crippen LogP contribution < -0.4 is 11.1 Å². The lowest BCUT2D eigenvalue weighted by molar-refractivity contribution is 0.489. The first-order chi connectivity index (χ1) is 8.81. The van der Waals surface area contributed by atoms with E-state index in [1.54, 1.807) is 0 Å². The van der Waals surface area contributed by atoms with E-state index in [0.29, 0.717) is 12.5 Å². The number of benzene rings is 1. The van der Waals surface area contributed by atoms with Crippen molar-refractivity contribution in [2.75, 3.05) is 11.9 Å². The molecule has 1 saturated carbocycles. The Morgan fingerprint density at radius 3 is 2.78 bits per heavy atom. The quantitative estimate of drug-likeness (QED) is 0.867. The van der Waals surface area contributed by atoms with Gasteiger partial charge in [-0.25, -0.2) is 9.97 Å². The van der Waals surface area contributed by atoms with Crippen LogP contribution in [0.15, 0.2) is 30.5 Å². The Hall–Kier alpha value is -1.68. The first-order valence-corrected chi connectivity index (χ1v) is 6.51. The van der Waals surface area contributed by atoms with Crippen molar-refractivity contribution in [1.29, 1.82) is 0 Å². The van der Waals surface area contributed by atoms with Crippen LogP contribution >= 0.6 is 0 Å². The third-order valence-corrected chi connectivity index (χ3v) is 3.82. The molecule has 2 aromatic rings. The van der Waals surface area contributed by atoms with E-state index < -0.39 is 0 Å². The average Bonchev–Trinajstić information content (AvgIpc) is 2.88. The Morgan fingerprint density at radius 2 is 2.00 bits per heavy atom. The van der Waals surface area contributed by atoms with Gasteiger partial charge in [-0.15, -0.1) is 0 Å². The monoisotopic (exact) mass is 242 g/mol. The number of nitrogens with zero attached hydrogens (tertiary/aromatic N) is 2. The summed E-state index contributed by atoms with van der Waals surface area (Å²) in [6.45, 7) is 0.642. The number of nitrogens with two attached hydrogens (primary N) is 1. The standard InChI is InChI=1S/C14H18N4/c15-10-14(7-3-4-8-14)18-13-16-9-11-5-1-2-6-12(11)17-13/h1-2,5-6,9H,3-4,7-8,10,15H2,(H,16,17,18). The zero-order chi connectivity index (χ0) is 12.4. The maximum absolute atomic E-state index is 5.91. The van der Waals surface area contributed by atoms with Gasteiger partial charge < -0.3 is 11.1 Å². The van der Waals surface area contributed by atoms with Gasteiger partial charge in [-0.05, 0) is 18.9 Å². The van der Waals surface area contributed by atoms with Crippen LogP contribution in [0.4, 0.5) is 5.95 Å². The van der Waals surface area contributed by atoms with Gasteiger partial charge in [0.15, 0.2) is 0 Å². The second-order valence-electron chi connectivity index (χ2n) is 5.07. The van der Waals surface area contributed by atoms with Crippen molar-refractivity contribution in [3.05, 3.63) is 30.5 Å². The Bertz CT molecular complexity index is 546. The van der Waals surface area contributed by atoms with E-state index in [2.05, 4.69) is 15.3 Å². The molecule has 94 valence electrons. The molecule has 3 N–H and O–H groups in total. The molecule has 1 aromatic heterocycles. The Balaban J connectivity index is 1.90. The van der Waals surface area contributed by atoms with Crippen molar-refractivity contribution in [2.45, 2.75) is 31.2 Å². The summed E-state index contributed by atoms with van der Waals surface area (Å²) >= 11 is 0. The highest BCUT2D eigenvalue weighted by molar-refractivity contribution is 5.78. The number of aromatic nitrogens is 2. The van der Waals surface area contributed by atoms with Gasteiger partial charge in [0.2, 0.25) is 5.95 Å². The molecule has 0 radical (unpaired) electrons. The molecule has 0 spiro atoms. The molecule has 0 saturated heterocycles. The van der Waals surface area contributed by atoms with Crippen LogP contribution in [0.2, 0.25) is 0 Å². The van der Waals surface area contributed by atoms with Crippen LogP contribution in [0.25, 0.3) is 10.9 Å². The molecular weight excluding hydrogens is 224 g/mol. The lowest BCUT2D eigenvalue weighted by Gasteiger charge is -2.28. The summed E-state index contributed by atoms with van der Waals surface area (Å²) in [5, 5.41) is 4.51. The van der Waals surface area contributed by atoms with Gasteiger partial charge in [0.05, 0.1) is 11.1 Å². The second kappa shape index (κ2) is 4.53. The Morgan fingerprint density at radius 1 is 1.22 bits per heavy atom. The van der Waals surface area contributed by atoms with Gasteiger partial charge in [-0.3, -0.25) is 0 Å². The van der Waals surface area contributed by atoms with E-state index >= 15 is 0 Å². The van der Waals surface area contributed by atoms with Crippen LogP contribution in [-0.4, -0.2) is 22.1 Å². The van der Waals surface area contributed by atoms with Crippen molar-refractivity contribution in [3.8, 4) is 0 Å². The highest BCUT2D eigenvalue weighted by atomic mass is 15.2. The molecule has 0 unspecified atom stereocenters. The number of para-hydroxylation sites is 1. The summed E-state index contributed by atoms with van der Waals surface area (Å²) in [7, 11) is 0. The maximum Gasteiger partial charge on any atom is 0.223 e. The lowest BCUT2D eigenvalue weighted by atomic mass is 9.98. The molecule has 1 aliphatic rings. The van der Waals surface area contributed by atoms with Crippen LogP contribution in [0.1, 0.15) is 25.7 Å². The Kier molecular flexibility index (Phi) is 2.88. The fourth-order valence-corrected chi connectivity index (χ4v) is 2.70. The molecule has 1 aliphatic carbocycles. The van der Waals surface area contributed by atoms with Crippen molar-refractivity contribution < 1.29 is 0 Å². The molecule has 4 heteroatoms. The fourth-order valence-electron chi connectivity index (χ4n) is 2.70. The number of rotatable bonds is 3. The summed E-state index contributed by atoms with van der Waals surface area (Å²) in [6, 6.07) is 8.02. The molecule has 1 fully saturated rings. The summed E-state index contributed by atoms with van der Waals surface area (Å²) in [6.07, 6.45) is 6.55. The molecular formula is C14H18N4. The smallest absolute Gasteiger partial charge is 0.223 e. The number of nitrogens with one attached hydrogen (secondary N) is 1. The van der Waals surface area contributed by atoms with Crippen molar-refractivity contribution in [2.24, 2.45) is 5.73 Å². The molecule has 1 heterocycles. The first kappa shape index (κ1) is 11.4. The van der Waals surface area contributed by atoms with Gasteiger partial charge in [0.1, 0.15) is 0 Å². The van der Waals surface area contributed by atoms with Crippen LogP contribution in [0.3, 0.4) is 0 Å². The lowest BCUT2D eigenvalue weighted by Crippen LogP contribution is -2.43. The van der Waals surface area contributed by atoms with E-state index in [1.165, 1.54) is 12.8 Å². The summed E-state index contributed by atoms with van der Waals surface area (Å²) in [5.41, 5.74) is 6.89. The van der Waals surface area contributed by atoms with Gasteiger partial charge >= 0.3 is 0 Å². The molecule has 0 amide bonds. The van der Waals surface area contributed by atoms with Crippen molar-refractivity contribution >= 4 is 16.9 Å². The summed E-state index contributed by atoms with van der Waals surface area (Å²) in [4.78, 5) is 8.94. The van der Waals surface area contributed by atoms with Crippen molar-refractivity contribution in [1.82, 2.24) is 9.97 Å². The predicted octanol–water partition coefficient (Wildman–Crippen LogP) is 2.31. The van der Waals surface area contributed by atoms with Gasteiger partial charge in [0.25, 0.3) is 0 Å². The zero-order valence-electron chi connectivity index (χ0n) is 10.4. The largest absolute Gasteiger partial charge is 0.347 e. The minimum atomic E-state index is 0.00244. The predicted molar refractivity (Wildman–Crippen MR) is 73.4 cm³/mol. The topological polar surface area (TPSA) is 63.8 Å². The van der Waals surface area contributed by atoms with Gasteiger partial charge in [0, 0.05) is 18.1 Å². The van der Waals surface area contributed by atoms with E-state index in [1.807, 2.05) is 30.5 Å². The first-order valence-electron chi connectivity index (χ1n) is 6.51. The van der Waals surface area contributed by atoms with Crippen LogP contribution in [-0.2, 0) is 0 Å². The molecule has 3 rings (SSSR count). The highest BCUT2D eigenvalue weighted by Crippen LogP contribution is 2.31. The third kappa shape index (κ3) is 2.04. The van der Waals surface area contributed by atoms with E-state index in [4.69, 9.17) is 5.73 Å². The molecule has 4 nitrogen and oxygen atoms in total. The number of fused-ring (bicyclic) bond motifs is 1. The molecule has 0 aliphatic heterocycles. The fraction of sp³-hybridized carbons (Fsp3) is 0.429. The zero-order valence-corrected chi connectivity index (χ0v) is 10.4. The minimum Gasteiger partial charge on any atom is -0.347 e. The molecule has 0 atom stereocenters. The maximum atomic E-state index is 5.91. The summed E-state index contributed by atoms with van der Waals surface area (Å²) in [5.74, 6) is 0.695. The van der Waals surface area contributed by atoms with Gasteiger partial charge in [-0.1, -0.05) is 31.0 Å². The SMILES string of the molecule is NCC1(Nc2ncc3ccccc3n2)CCCC1. The number of hydrogen-bond donors (Lipinski definition) is 2. The van der Waals surface area contributed by atoms with Gasteiger partial charge in [-0.2, -0.15) is 0 Å². The second-order valence-corrected chi connectivity index (χ2v) is 5.07. The summed E-state index contributed by atoms with van der Waals surface area (Å²) < 4.78 is 0. The van der Waals surface area contributed by atoms with E-state index in [-0.39, 0.29) is 5.54 Å². The van der Waals surface area contributed by atoms with E-state index in [0.717, 1.165) is 23.7 Å². The number of hydrogen-bond acceptors (Lipinski definition) is 4.